The lowest BCUT2D eigenvalue weighted by Crippen LogP contribution is -2.58. The van der Waals surface area contributed by atoms with Crippen molar-refractivity contribution < 1.29 is 30.4 Å². The Morgan fingerprint density at radius 1 is 1.11 bits per heavy atom. The zero-order valence-electron chi connectivity index (χ0n) is 24.5. The zero-order chi connectivity index (χ0) is 32.4. The molecule has 0 saturated carbocycles. The second kappa shape index (κ2) is 13.7. The van der Waals surface area contributed by atoms with E-state index in [2.05, 4.69) is 41.3 Å². The van der Waals surface area contributed by atoms with Gasteiger partial charge in [0.25, 0.3) is 0 Å². The molecule has 45 heavy (non-hydrogen) atoms. The van der Waals surface area contributed by atoms with Crippen LogP contribution in [0.1, 0.15) is 38.2 Å². The van der Waals surface area contributed by atoms with Crippen molar-refractivity contribution in [3.05, 3.63) is 52.7 Å². The maximum Gasteiger partial charge on any atom is 0.408 e. The Kier molecular flexibility index (Phi) is 10.2. The highest BCUT2D eigenvalue weighted by Crippen LogP contribution is 2.31. The number of nitrogens with one attached hydrogen (secondary N) is 2. The fourth-order valence-corrected chi connectivity index (χ4v) is 7.13. The molecule has 1 aromatic heterocycles. The van der Waals surface area contributed by atoms with E-state index in [1.807, 2.05) is 4.72 Å². The molecule has 0 spiro atoms. The number of aromatic nitrogens is 1. The molecule has 10 nitrogen and oxygen atoms in total. The fraction of sp³-hybridized carbons (Fsp3) is 0.536. The topological polar surface area (TPSA) is 106 Å². The summed E-state index contributed by atoms with van der Waals surface area (Å²) >= 11 is 6.61. The van der Waals surface area contributed by atoms with Crippen LogP contribution in [-0.2, 0) is 16.8 Å². The predicted octanol–water partition coefficient (Wildman–Crippen LogP) is 4.59. The third-order valence-electron chi connectivity index (χ3n) is 8.03. The average Bonchev–Trinajstić information content (AvgIpc) is 3.27. The molecule has 2 N–H and O–H groups in total. The summed E-state index contributed by atoms with van der Waals surface area (Å²) < 4.78 is 93.9. The largest absolute Gasteiger partial charge is 0.408 e. The summed E-state index contributed by atoms with van der Waals surface area (Å²) in [5.74, 6) is -2.07. The van der Waals surface area contributed by atoms with Gasteiger partial charge >= 0.3 is 16.4 Å². The summed E-state index contributed by atoms with van der Waals surface area (Å²) in [5, 5.41) is 2.94. The van der Waals surface area contributed by atoms with Crippen molar-refractivity contribution in [1.82, 2.24) is 19.5 Å². The van der Waals surface area contributed by atoms with E-state index < -0.39 is 46.2 Å². The number of hydrogen-bond acceptors (Lipinski definition) is 8. The number of nitrogens with zero attached hydrogens (tertiary/aromatic N) is 6. The molecule has 0 bridgehead atoms. The number of piperidine rings is 1. The quantitative estimate of drug-likeness (QED) is 0.395. The van der Waals surface area contributed by atoms with Gasteiger partial charge in [0.1, 0.15) is 12.4 Å². The van der Waals surface area contributed by atoms with Crippen molar-refractivity contribution in [2.24, 2.45) is 9.39 Å². The summed E-state index contributed by atoms with van der Waals surface area (Å²) in [6.45, 7) is 5.03. The van der Waals surface area contributed by atoms with Crippen molar-refractivity contribution in [2.75, 3.05) is 49.5 Å². The van der Waals surface area contributed by atoms with Crippen molar-refractivity contribution in [2.45, 2.75) is 57.4 Å². The van der Waals surface area contributed by atoms with Gasteiger partial charge in [-0.25, -0.2) is 18.5 Å². The first kappa shape index (κ1) is 33.3. The number of benzene rings is 1. The van der Waals surface area contributed by atoms with Gasteiger partial charge in [-0.05, 0) is 56.1 Å². The lowest BCUT2D eigenvalue weighted by atomic mass is 9.97. The van der Waals surface area contributed by atoms with Gasteiger partial charge in [-0.15, -0.1) is 4.40 Å². The molecule has 0 radical (unpaired) electrons. The van der Waals surface area contributed by atoms with Crippen molar-refractivity contribution >= 4 is 45.0 Å². The van der Waals surface area contributed by atoms with E-state index in [9.17, 15) is 30.4 Å². The smallest absolute Gasteiger partial charge is 0.353 e. The second-order valence-corrected chi connectivity index (χ2v) is 13.1. The van der Waals surface area contributed by atoms with Gasteiger partial charge in [0.15, 0.2) is 23.3 Å². The third kappa shape index (κ3) is 8.60. The molecule has 1 aromatic carbocycles. The van der Waals surface area contributed by atoms with Gasteiger partial charge in [-0.2, -0.15) is 21.6 Å². The monoisotopic (exact) mass is 676 g/mol. The number of piperazine rings is 1. The minimum absolute atomic E-state index is 0.236. The molecule has 5 rings (SSSR count). The fourth-order valence-electron chi connectivity index (χ4n) is 6.02. The van der Waals surface area contributed by atoms with E-state index in [4.69, 9.17) is 11.6 Å². The predicted molar refractivity (Wildman–Crippen MR) is 163 cm³/mol. The minimum atomic E-state index is -4.62. The number of amidine groups is 2. The van der Waals surface area contributed by atoms with Crippen molar-refractivity contribution in [3.63, 3.8) is 0 Å². The van der Waals surface area contributed by atoms with E-state index in [0.29, 0.717) is 31.5 Å². The van der Waals surface area contributed by atoms with Crippen LogP contribution >= 0.6 is 11.6 Å². The molecule has 0 aliphatic carbocycles. The second-order valence-electron chi connectivity index (χ2n) is 11.3. The molecular weight excluding hydrogens is 643 g/mol. The van der Waals surface area contributed by atoms with E-state index in [1.165, 1.54) is 24.4 Å². The first-order chi connectivity index (χ1) is 21.3. The Labute approximate surface area is 263 Å². The maximum absolute atomic E-state index is 13.7. The number of anilines is 2. The molecule has 2 aromatic rings. The maximum atomic E-state index is 13.7. The van der Waals surface area contributed by atoms with Crippen LogP contribution in [-0.4, -0.2) is 92.4 Å². The van der Waals surface area contributed by atoms with Crippen molar-refractivity contribution in [3.8, 4) is 0 Å². The standard InChI is InChI=1S/C28H34ClF5N8O2S/c1-2-3-21-16-41(10-11-42(21)20-6-8-40(9-7-20)15-18-4-5-23(30)24(31)12-18)27-22(29)13-19(14-35-27)37-26-25(36-17-28(32,33)34)38-45(43,44)39-26/h4-5,12-14,20-21H,2-3,6-11,15-17H2,1H3,(H,36,38)(H,37,39)/t21-/m0/s1. The molecule has 3 aliphatic rings. The Hall–Kier alpha value is -3.08. The molecule has 0 unspecified atom stereocenters. The van der Waals surface area contributed by atoms with Gasteiger partial charge in [0.05, 0.1) is 16.9 Å². The van der Waals surface area contributed by atoms with Gasteiger partial charge in [-0.3, -0.25) is 14.8 Å². The molecular formula is C28H34ClF5N8O2S. The lowest BCUT2D eigenvalue weighted by molar-refractivity contribution is -0.118. The summed E-state index contributed by atoms with van der Waals surface area (Å²) in [7, 11) is -4.23. The molecule has 246 valence electrons. The van der Waals surface area contributed by atoms with Crippen LogP contribution < -0.4 is 14.9 Å². The van der Waals surface area contributed by atoms with Crippen LogP contribution in [0.3, 0.4) is 0 Å². The first-order valence-electron chi connectivity index (χ1n) is 14.6. The normalized spacial score (nSPS) is 22.5. The van der Waals surface area contributed by atoms with Crippen LogP contribution in [0, 0.1) is 11.6 Å². The highest BCUT2D eigenvalue weighted by atomic mass is 35.5. The first-order valence-corrected chi connectivity index (χ1v) is 16.5. The molecule has 0 amide bonds. The molecule has 17 heteroatoms. The number of rotatable bonds is 8. The Balaban J connectivity index is 1.20. The summed E-state index contributed by atoms with van der Waals surface area (Å²) in [4.78, 5) is 14.7. The Morgan fingerprint density at radius 3 is 2.53 bits per heavy atom. The summed E-state index contributed by atoms with van der Waals surface area (Å²) in [6.07, 6.45) is 0.691. The molecule has 3 aliphatic heterocycles. The average molecular weight is 677 g/mol. The van der Waals surface area contributed by atoms with Gasteiger partial charge in [0, 0.05) is 38.3 Å². The molecule has 1 atom stereocenters. The number of pyridine rings is 1. The zero-order valence-corrected chi connectivity index (χ0v) is 26.1. The van der Waals surface area contributed by atoms with Gasteiger partial charge in [-0.1, -0.05) is 31.0 Å². The van der Waals surface area contributed by atoms with E-state index >= 15 is 0 Å². The number of aliphatic imine (C=N–C) groups is 1. The molecule has 4 heterocycles. The molecule has 2 fully saturated rings. The minimum Gasteiger partial charge on any atom is -0.353 e. The van der Waals surface area contributed by atoms with Crippen LogP contribution in [0.2, 0.25) is 5.02 Å². The highest BCUT2D eigenvalue weighted by Gasteiger charge is 2.35. The number of halogens is 6. The van der Waals surface area contributed by atoms with Gasteiger partial charge in [0.2, 0.25) is 0 Å². The van der Waals surface area contributed by atoms with E-state index in [1.54, 1.807) is 6.07 Å². The summed E-state index contributed by atoms with van der Waals surface area (Å²) in [6, 6.07) is 6.22. The number of alkyl halides is 3. The Bertz CT molecular complexity index is 1550. The Morgan fingerprint density at radius 2 is 1.87 bits per heavy atom. The van der Waals surface area contributed by atoms with Crippen LogP contribution in [0.5, 0.6) is 0 Å². The van der Waals surface area contributed by atoms with Crippen LogP contribution in [0.25, 0.3) is 0 Å². The molecule has 2 saturated heterocycles. The van der Waals surface area contributed by atoms with E-state index in [-0.39, 0.29) is 16.8 Å². The highest BCUT2D eigenvalue weighted by molar-refractivity contribution is 7.89. The van der Waals surface area contributed by atoms with E-state index in [0.717, 1.165) is 50.9 Å². The van der Waals surface area contributed by atoms with Crippen LogP contribution in [0.4, 0.5) is 33.5 Å². The summed E-state index contributed by atoms with van der Waals surface area (Å²) in [5.41, 5.74) is 0.989. The lowest BCUT2D eigenvalue weighted by Gasteiger charge is -2.48. The third-order valence-corrected chi connectivity index (χ3v) is 9.18. The van der Waals surface area contributed by atoms with Crippen molar-refractivity contribution in [1.29, 1.82) is 0 Å². The SMILES string of the molecule is CCC[C@H]1CN(c2ncc(NC3=NS(=O)(=O)NC3=NCC(F)(F)F)cc2Cl)CCN1C1CCN(Cc2ccc(F)c(F)c2)CC1. The van der Waals surface area contributed by atoms with Crippen LogP contribution in [0.15, 0.2) is 39.9 Å². The van der Waals surface area contributed by atoms with Gasteiger partial charge < -0.3 is 10.2 Å². The number of hydrogen-bond donors (Lipinski definition) is 2. The number of likely N-dealkylation sites (tertiary alicyclic amines) is 1.